The van der Waals surface area contributed by atoms with E-state index in [-0.39, 0.29) is 5.91 Å². The fourth-order valence-corrected chi connectivity index (χ4v) is 2.22. The van der Waals surface area contributed by atoms with E-state index >= 15 is 0 Å². The molecule has 0 aliphatic carbocycles. The largest absolute Gasteiger partial charge is 0.353 e. The Morgan fingerprint density at radius 1 is 1.22 bits per heavy atom. The van der Waals surface area contributed by atoms with Crippen LogP contribution in [0.1, 0.15) is 46.5 Å². The van der Waals surface area contributed by atoms with Gasteiger partial charge in [-0.2, -0.15) is 0 Å². The number of likely N-dealkylation sites (tertiary alicyclic amines) is 1. The second-order valence-electron chi connectivity index (χ2n) is 5.44. The van der Waals surface area contributed by atoms with Crippen molar-refractivity contribution in [2.75, 3.05) is 26.2 Å². The summed E-state index contributed by atoms with van der Waals surface area (Å²) in [7, 11) is 0. The van der Waals surface area contributed by atoms with Gasteiger partial charge in [0.15, 0.2) is 0 Å². The molecular formula is C14H29N3O. The Morgan fingerprint density at radius 3 is 2.50 bits per heavy atom. The second kappa shape index (κ2) is 8.48. The molecule has 1 heterocycles. The van der Waals surface area contributed by atoms with Crippen molar-refractivity contribution >= 4 is 5.91 Å². The van der Waals surface area contributed by atoms with Crippen molar-refractivity contribution in [3.8, 4) is 0 Å². The highest BCUT2D eigenvalue weighted by Gasteiger charge is 2.16. The molecule has 2 N–H and O–H groups in total. The number of hydrogen-bond donors (Lipinski definition) is 2. The van der Waals surface area contributed by atoms with Gasteiger partial charge in [-0.3, -0.25) is 9.69 Å². The minimum Gasteiger partial charge on any atom is -0.353 e. The van der Waals surface area contributed by atoms with Crippen molar-refractivity contribution in [2.24, 2.45) is 0 Å². The highest BCUT2D eigenvalue weighted by Crippen LogP contribution is 2.11. The molecule has 4 nitrogen and oxygen atoms in total. The third-order valence-corrected chi connectivity index (χ3v) is 3.83. The van der Waals surface area contributed by atoms with Crippen LogP contribution in [0.2, 0.25) is 0 Å². The number of piperidine rings is 1. The first-order valence-electron chi connectivity index (χ1n) is 7.37. The maximum Gasteiger partial charge on any atom is 0.234 e. The van der Waals surface area contributed by atoms with E-state index in [1.807, 2.05) is 0 Å². The molecule has 0 spiro atoms. The van der Waals surface area contributed by atoms with Crippen LogP contribution in [-0.2, 0) is 4.79 Å². The molecule has 2 atom stereocenters. The lowest BCUT2D eigenvalue weighted by Gasteiger charge is -2.32. The Morgan fingerprint density at radius 2 is 1.89 bits per heavy atom. The molecule has 1 saturated heterocycles. The van der Waals surface area contributed by atoms with Crippen molar-refractivity contribution in [2.45, 2.75) is 58.5 Å². The molecule has 2 unspecified atom stereocenters. The number of carbonyl (C=O) groups excluding carboxylic acids is 1. The zero-order valence-corrected chi connectivity index (χ0v) is 12.2. The van der Waals surface area contributed by atoms with Gasteiger partial charge in [-0.1, -0.05) is 13.3 Å². The third kappa shape index (κ3) is 5.83. The van der Waals surface area contributed by atoms with Gasteiger partial charge >= 0.3 is 0 Å². The van der Waals surface area contributed by atoms with Gasteiger partial charge < -0.3 is 10.6 Å². The van der Waals surface area contributed by atoms with Crippen molar-refractivity contribution in [3.63, 3.8) is 0 Å². The van der Waals surface area contributed by atoms with Gasteiger partial charge in [0.1, 0.15) is 0 Å². The minimum atomic E-state index is 0.110. The molecule has 1 aliphatic rings. The van der Waals surface area contributed by atoms with E-state index in [0.717, 1.165) is 13.0 Å². The lowest BCUT2D eigenvalue weighted by molar-refractivity contribution is -0.120. The Kier molecular flexibility index (Phi) is 7.28. The van der Waals surface area contributed by atoms with Crippen LogP contribution in [0.15, 0.2) is 0 Å². The van der Waals surface area contributed by atoms with Crippen LogP contribution in [0, 0.1) is 0 Å². The van der Waals surface area contributed by atoms with Crippen LogP contribution in [-0.4, -0.2) is 49.1 Å². The quantitative estimate of drug-likeness (QED) is 0.722. The van der Waals surface area contributed by atoms with Crippen molar-refractivity contribution in [1.29, 1.82) is 0 Å². The highest BCUT2D eigenvalue weighted by atomic mass is 16.1. The average molecular weight is 255 g/mol. The van der Waals surface area contributed by atoms with E-state index in [9.17, 15) is 4.79 Å². The topological polar surface area (TPSA) is 44.4 Å². The highest BCUT2D eigenvalue weighted by molar-refractivity contribution is 5.78. The molecule has 106 valence electrons. The Labute approximate surface area is 111 Å². The van der Waals surface area contributed by atoms with E-state index in [2.05, 4.69) is 36.3 Å². The van der Waals surface area contributed by atoms with E-state index in [1.54, 1.807) is 0 Å². The first kappa shape index (κ1) is 15.4. The van der Waals surface area contributed by atoms with E-state index in [4.69, 9.17) is 0 Å². The van der Waals surface area contributed by atoms with Crippen LogP contribution in [0.3, 0.4) is 0 Å². The number of carbonyl (C=O) groups is 1. The Bertz CT molecular complexity index is 239. The first-order chi connectivity index (χ1) is 8.63. The fraction of sp³-hybridized carbons (Fsp3) is 0.929. The molecule has 0 bridgehead atoms. The molecule has 0 aromatic heterocycles. The number of amides is 1. The maximum absolute atomic E-state index is 11.7. The van der Waals surface area contributed by atoms with Crippen molar-refractivity contribution in [3.05, 3.63) is 0 Å². The number of rotatable bonds is 7. The Balaban J connectivity index is 2.12. The monoisotopic (exact) mass is 255 g/mol. The summed E-state index contributed by atoms with van der Waals surface area (Å²) in [5, 5.41) is 6.23. The predicted octanol–water partition coefficient (Wildman–Crippen LogP) is 1.37. The smallest absolute Gasteiger partial charge is 0.234 e. The van der Waals surface area contributed by atoms with Gasteiger partial charge in [0.2, 0.25) is 5.91 Å². The summed E-state index contributed by atoms with van der Waals surface area (Å²) in [6.45, 7) is 9.98. The average Bonchev–Trinajstić information content (AvgIpc) is 2.42. The van der Waals surface area contributed by atoms with Crippen molar-refractivity contribution < 1.29 is 4.79 Å². The summed E-state index contributed by atoms with van der Waals surface area (Å²) in [5.41, 5.74) is 0. The lowest BCUT2D eigenvalue weighted by Crippen LogP contribution is -2.46. The normalized spacial score (nSPS) is 20.4. The predicted molar refractivity (Wildman–Crippen MR) is 75.7 cm³/mol. The number of nitrogens with one attached hydrogen (secondary N) is 2. The summed E-state index contributed by atoms with van der Waals surface area (Å²) >= 11 is 0. The summed E-state index contributed by atoms with van der Waals surface area (Å²) in [6, 6.07) is 0.869. The fourth-order valence-electron chi connectivity index (χ4n) is 2.22. The SMILES string of the molecule is CCC(C)NCC(=O)NCC(C)N1CCCCC1. The van der Waals surface area contributed by atoms with Crippen LogP contribution >= 0.6 is 0 Å². The molecule has 0 radical (unpaired) electrons. The summed E-state index contributed by atoms with van der Waals surface area (Å²) in [6.07, 6.45) is 5.01. The molecular weight excluding hydrogens is 226 g/mol. The molecule has 4 heteroatoms. The summed E-state index contributed by atoms with van der Waals surface area (Å²) in [5.74, 6) is 0.110. The Hall–Kier alpha value is -0.610. The molecule has 1 fully saturated rings. The lowest BCUT2D eigenvalue weighted by atomic mass is 10.1. The molecule has 1 amide bonds. The van der Waals surface area contributed by atoms with Gasteiger partial charge in [-0.15, -0.1) is 0 Å². The van der Waals surface area contributed by atoms with Gasteiger partial charge in [0.25, 0.3) is 0 Å². The number of hydrogen-bond acceptors (Lipinski definition) is 3. The third-order valence-electron chi connectivity index (χ3n) is 3.83. The molecule has 0 aromatic rings. The van der Waals surface area contributed by atoms with E-state index in [1.165, 1.54) is 32.4 Å². The summed E-state index contributed by atoms with van der Waals surface area (Å²) in [4.78, 5) is 14.1. The molecule has 18 heavy (non-hydrogen) atoms. The first-order valence-corrected chi connectivity index (χ1v) is 7.37. The van der Waals surface area contributed by atoms with Gasteiger partial charge in [-0.05, 0) is 46.2 Å². The van der Waals surface area contributed by atoms with Gasteiger partial charge in [0, 0.05) is 18.6 Å². The zero-order chi connectivity index (χ0) is 13.4. The molecule has 0 aromatic carbocycles. The maximum atomic E-state index is 11.7. The second-order valence-corrected chi connectivity index (χ2v) is 5.44. The van der Waals surface area contributed by atoms with Crippen LogP contribution < -0.4 is 10.6 Å². The molecule has 1 rings (SSSR count). The minimum absolute atomic E-state index is 0.110. The van der Waals surface area contributed by atoms with Gasteiger partial charge in [-0.25, -0.2) is 0 Å². The molecule has 1 aliphatic heterocycles. The van der Waals surface area contributed by atoms with E-state index in [0.29, 0.717) is 18.6 Å². The zero-order valence-electron chi connectivity index (χ0n) is 12.2. The van der Waals surface area contributed by atoms with Gasteiger partial charge in [0.05, 0.1) is 6.54 Å². The van der Waals surface area contributed by atoms with Crippen LogP contribution in [0.5, 0.6) is 0 Å². The van der Waals surface area contributed by atoms with E-state index < -0.39 is 0 Å². The summed E-state index contributed by atoms with van der Waals surface area (Å²) < 4.78 is 0. The van der Waals surface area contributed by atoms with Crippen LogP contribution in [0.25, 0.3) is 0 Å². The van der Waals surface area contributed by atoms with Crippen LogP contribution in [0.4, 0.5) is 0 Å². The molecule has 0 saturated carbocycles. The standard InChI is InChI=1S/C14H29N3O/c1-4-12(2)15-11-14(18)16-10-13(3)17-8-6-5-7-9-17/h12-13,15H,4-11H2,1-3H3,(H,16,18). The number of nitrogens with zero attached hydrogens (tertiary/aromatic N) is 1. The van der Waals surface area contributed by atoms with Crippen molar-refractivity contribution in [1.82, 2.24) is 15.5 Å².